The molecule has 0 radical (unpaired) electrons. The van der Waals surface area contributed by atoms with Gasteiger partial charge in [0.05, 0.1) is 26.4 Å². The first-order chi connectivity index (χ1) is 11.2. The number of carbonyl (C=O) groups is 1. The minimum absolute atomic E-state index is 0.0108. The van der Waals surface area contributed by atoms with E-state index in [2.05, 4.69) is 4.98 Å². The molecule has 0 bridgehead atoms. The average Bonchev–Trinajstić information content (AvgIpc) is 2.61. The van der Waals surface area contributed by atoms with Gasteiger partial charge in [-0.05, 0) is 24.6 Å². The first-order valence-corrected chi connectivity index (χ1v) is 7.73. The van der Waals surface area contributed by atoms with E-state index in [1.54, 1.807) is 30.2 Å². The van der Waals surface area contributed by atoms with Crippen LogP contribution in [0, 0.1) is 0 Å². The summed E-state index contributed by atoms with van der Waals surface area (Å²) in [5.41, 5.74) is 0.566. The fourth-order valence-electron chi connectivity index (χ4n) is 2.90. The molecule has 6 nitrogen and oxygen atoms in total. The lowest BCUT2D eigenvalue weighted by molar-refractivity contribution is -0.00287. The van der Waals surface area contributed by atoms with Crippen molar-refractivity contribution in [2.24, 2.45) is 0 Å². The summed E-state index contributed by atoms with van der Waals surface area (Å²) in [7, 11) is 1.55. The van der Waals surface area contributed by atoms with Gasteiger partial charge in [-0.15, -0.1) is 0 Å². The predicted molar refractivity (Wildman–Crippen MR) is 87.1 cm³/mol. The number of nitrogens with zero attached hydrogens (tertiary/aromatic N) is 1. The van der Waals surface area contributed by atoms with E-state index in [1.165, 1.54) is 6.20 Å². The summed E-state index contributed by atoms with van der Waals surface area (Å²) in [5.74, 6) is 0.344. The molecule has 0 aliphatic carbocycles. The number of rotatable bonds is 3. The number of H-pyrrole nitrogens is 1. The van der Waals surface area contributed by atoms with Gasteiger partial charge >= 0.3 is 0 Å². The molecule has 1 aromatic carbocycles. The summed E-state index contributed by atoms with van der Waals surface area (Å²) in [6, 6.07) is 5.21. The SMILES string of the molecule is CC[C@H]1COCCN1C(=O)c1c[nH]c2ccc(OC)cc2c1=O. The number of ether oxygens (including phenoxy) is 2. The summed E-state index contributed by atoms with van der Waals surface area (Å²) in [6.45, 7) is 3.53. The molecule has 2 aromatic rings. The zero-order valence-electron chi connectivity index (χ0n) is 13.3. The number of nitrogens with one attached hydrogen (secondary N) is 1. The van der Waals surface area contributed by atoms with Crippen LogP contribution in [0.2, 0.25) is 0 Å². The van der Waals surface area contributed by atoms with Crippen LogP contribution in [-0.2, 0) is 4.74 Å². The van der Waals surface area contributed by atoms with Crippen LogP contribution in [0.4, 0.5) is 0 Å². The lowest BCUT2D eigenvalue weighted by Crippen LogP contribution is -2.49. The number of pyridine rings is 1. The number of amides is 1. The van der Waals surface area contributed by atoms with Gasteiger partial charge in [0.25, 0.3) is 5.91 Å². The number of carbonyl (C=O) groups excluding carboxylic acids is 1. The van der Waals surface area contributed by atoms with Crippen molar-refractivity contribution < 1.29 is 14.3 Å². The van der Waals surface area contributed by atoms with E-state index >= 15 is 0 Å². The van der Waals surface area contributed by atoms with E-state index in [4.69, 9.17) is 9.47 Å². The highest BCUT2D eigenvalue weighted by atomic mass is 16.5. The molecular formula is C17H20N2O4. The van der Waals surface area contributed by atoms with Crippen LogP contribution in [-0.4, -0.2) is 48.7 Å². The molecule has 6 heteroatoms. The summed E-state index contributed by atoms with van der Waals surface area (Å²) in [5, 5.41) is 0.455. The minimum Gasteiger partial charge on any atom is -0.497 e. The van der Waals surface area contributed by atoms with Gasteiger partial charge in [-0.3, -0.25) is 9.59 Å². The molecule has 1 amide bonds. The number of aromatic nitrogens is 1. The van der Waals surface area contributed by atoms with Crippen molar-refractivity contribution in [1.29, 1.82) is 0 Å². The van der Waals surface area contributed by atoms with Gasteiger partial charge in [0.1, 0.15) is 11.3 Å². The molecule has 1 atom stereocenters. The standard InChI is InChI=1S/C17H20N2O4/c1-3-11-10-23-7-6-19(11)17(21)14-9-18-15-5-4-12(22-2)8-13(15)16(14)20/h4-5,8-9,11H,3,6-7,10H2,1-2H3,(H,18,20)/t11-/m0/s1. The maximum absolute atomic E-state index is 12.8. The molecule has 122 valence electrons. The summed E-state index contributed by atoms with van der Waals surface area (Å²) >= 11 is 0. The van der Waals surface area contributed by atoms with Gasteiger partial charge in [0.2, 0.25) is 5.43 Å². The smallest absolute Gasteiger partial charge is 0.259 e. The Kier molecular flexibility index (Phi) is 4.34. The fourth-order valence-corrected chi connectivity index (χ4v) is 2.90. The van der Waals surface area contributed by atoms with Crippen molar-refractivity contribution in [3.05, 3.63) is 40.2 Å². The Morgan fingerprint density at radius 2 is 2.30 bits per heavy atom. The van der Waals surface area contributed by atoms with Crippen LogP contribution in [0.25, 0.3) is 10.9 Å². The molecule has 0 unspecified atom stereocenters. The molecule has 3 rings (SSSR count). The number of methoxy groups -OCH3 is 1. The van der Waals surface area contributed by atoms with Gasteiger partial charge in [0, 0.05) is 23.6 Å². The number of aromatic amines is 1. The molecule has 1 aliphatic heterocycles. The zero-order chi connectivity index (χ0) is 16.4. The Morgan fingerprint density at radius 3 is 3.04 bits per heavy atom. The van der Waals surface area contributed by atoms with Crippen molar-refractivity contribution in [3.8, 4) is 5.75 Å². The largest absolute Gasteiger partial charge is 0.497 e. The van der Waals surface area contributed by atoms with E-state index < -0.39 is 0 Å². The lowest BCUT2D eigenvalue weighted by Gasteiger charge is -2.35. The molecule has 1 aliphatic rings. The second-order valence-corrected chi connectivity index (χ2v) is 5.58. The Labute approximate surface area is 134 Å². The van der Waals surface area contributed by atoms with Crippen molar-refractivity contribution in [3.63, 3.8) is 0 Å². The molecule has 2 heterocycles. The van der Waals surface area contributed by atoms with Gasteiger partial charge in [-0.2, -0.15) is 0 Å². The maximum atomic E-state index is 12.8. The Hall–Kier alpha value is -2.34. The van der Waals surface area contributed by atoms with Gasteiger partial charge < -0.3 is 19.4 Å². The Morgan fingerprint density at radius 1 is 1.48 bits per heavy atom. The number of benzene rings is 1. The lowest BCUT2D eigenvalue weighted by atomic mass is 10.1. The van der Waals surface area contributed by atoms with Crippen molar-refractivity contribution in [1.82, 2.24) is 9.88 Å². The van der Waals surface area contributed by atoms with E-state index in [-0.39, 0.29) is 22.9 Å². The van der Waals surface area contributed by atoms with Crippen LogP contribution in [0.5, 0.6) is 5.75 Å². The van der Waals surface area contributed by atoms with Crippen LogP contribution < -0.4 is 10.2 Å². The van der Waals surface area contributed by atoms with Crippen LogP contribution in [0.15, 0.2) is 29.2 Å². The molecule has 0 saturated carbocycles. The zero-order valence-corrected chi connectivity index (χ0v) is 13.3. The topological polar surface area (TPSA) is 71.6 Å². The first kappa shape index (κ1) is 15.6. The highest BCUT2D eigenvalue weighted by Crippen LogP contribution is 2.18. The number of hydrogen-bond donors (Lipinski definition) is 1. The third kappa shape index (κ3) is 2.82. The van der Waals surface area contributed by atoms with Gasteiger partial charge in [0.15, 0.2) is 0 Å². The van der Waals surface area contributed by atoms with Crippen LogP contribution in [0.3, 0.4) is 0 Å². The van der Waals surface area contributed by atoms with Gasteiger partial charge in [-0.25, -0.2) is 0 Å². The highest BCUT2D eigenvalue weighted by Gasteiger charge is 2.28. The summed E-state index contributed by atoms with van der Waals surface area (Å²) in [6.07, 6.45) is 2.30. The Bertz CT molecular complexity index is 784. The molecule has 23 heavy (non-hydrogen) atoms. The van der Waals surface area contributed by atoms with Gasteiger partial charge in [-0.1, -0.05) is 6.92 Å². The molecule has 0 spiro atoms. The summed E-state index contributed by atoms with van der Waals surface area (Å²) in [4.78, 5) is 30.3. The molecular weight excluding hydrogens is 296 g/mol. The normalized spacial score (nSPS) is 18.2. The summed E-state index contributed by atoms with van der Waals surface area (Å²) < 4.78 is 10.6. The van der Waals surface area contributed by atoms with Crippen molar-refractivity contribution in [2.75, 3.05) is 26.9 Å². The van der Waals surface area contributed by atoms with Crippen LogP contribution in [0.1, 0.15) is 23.7 Å². The number of fused-ring (bicyclic) bond motifs is 1. The highest BCUT2D eigenvalue weighted by molar-refractivity contribution is 5.97. The second-order valence-electron chi connectivity index (χ2n) is 5.58. The molecule has 1 N–H and O–H groups in total. The third-order valence-electron chi connectivity index (χ3n) is 4.28. The minimum atomic E-state index is -0.274. The average molecular weight is 316 g/mol. The maximum Gasteiger partial charge on any atom is 0.259 e. The first-order valence-electron chi connectivity index (χ1n) is 7.73. The Balaban J connectivity index is 2.03. The number of morpholine rings is 1. The van der Waals surface area contributed by atoms with Crippen molar-refractivity contribution >= 4 is 16.8 Å². The van der Waals surface area contributed by atoms with Crippen molar-refractivity contribution in [2.45, 2.75) is 19.4 Å². The third-order valence-corrected chi connectivity index (χ3v) is 4.28. The fraction of sp³-hybridized carbons (Fsp3) is 0.412. The second kappa shape index (κ2) is 6.42. The monoisotopic (exact) mass is 316 g/mol. The van der Waals surface area contributed by atoms with E-state index in [0.29, 0.717) is 36.4 Å². The van der Waals surface area contributed by atoms with Crippen LogP contribution >= 0.6 is 0 Å². The van der Waals surface area contributed by atoms with E-state index in [9.17, 15) is 9.59 Å². The molecule has 1 aromatic heterocycles. The quantitative estimate of drug-likeness (QED) is 0.937. The molecule has 1 saturated heterocycles. The molecule has 1 fully saturated rings. The van der Waals surface area contributed by atoms with E-state index in [1.807, 2.05) is 6.92 Å². The predicted octanol–water partition coefficient (Wildman–Crippen LogP) is 1.79. The van der Waals surface area contributed by atoms with E-state index in [0.717, 1.165) is 6.42 Å². The number of hydrogen-bond acceptors (Lipinski definition) is 4.